The van der Waals surface area contributed by atoms with Crippen molar-refractivity contribution in [3.8, 4) is 6.07 Å². The summed E-state index contributed by atoms with van der Waals surface area (Å²) in [5.41, 5.74) is 0.725. The zero-order valence-electron chi connectivity index (χ0n) is 9.16. The molecule has 0 fully saturated rings. The summed E-state index contributed by atoms with van der Waals surface area (Å²) in [6.07, 6.45) is 1.48. The molecule has 0 aliphatic heterocycles. The Morgan fingerprint density at radius 3 is 2.78 bits per heavy atom. The van der Waals surface area contributed by atoms with Crippen LogP contribution in [0.4, 0.5) is 5.95 Å². The molecule has 0 aliphatic carbocycles. The first-order valence-corrected chi connectivity index (χ1v) is 5.01. The van der Waals surface area contributed by atoms with Crippen LogP contribution in [-0.4, -0.2) is 26.5 Å². The van der Waals surface area contributed by atoms with Crippen LogP contribution < -0.4 is 5.32 Å². The number of benzene rings is 1. The second kappa shape index (κ2) is 5.36. The Morgan fingerprint density at radius 2 is 2.17 bits per heavy atom. The minimum absolute atomic E-state index is 0.0224. The van der Waals surface area contributed by atoms with Crippen molar-refractivity contribution < 1.29 is 4.79 Å². The van der Waals surface area contributed by atoms with Crippen LogP contribution in [0.2, 0.25) is 0 Å². The normalized spacial score (nSPS) is 10.7. The Balaban J connectivity index is 2.17. The summed E-state index contributed by atoms with van der Waals surface area (Å²) >= 11 is 0. The average Bonchev–Trinajstić information content (AvgIpc) is 2.90. The Kier molecular flexibility index (Phi) is 3.42. The molecular formula is C11H8N6O. The number of hydrogen-bond donors (Lipinski definition) is 2. The SMILES string of the molecule is N#C/C(=C/c1ccccc1)C(=O)Nc1nn[nH]n1. The van der Waals surface area contributed by atoms with Gasteiger partial charge < -0.3 is 0 Å². The van der Waals surface area contributed by atoms with Gasteiger partial charge in [-0.3, -0.25) is 10.1 Å². The summed E-state index contributed by atoms with van der Waals surface area (Å²) in [6.45, 7) is 0. The van der Waals surface area contributed by atoms with E-state index in [1.54, 1.807) is 12.1 Å². The quantitative estimate of drug-likeness (QED) is 0.607. The molecular weight excluding hydrogens is 232 g/mol. The summed E-state index contributed by atoms with van der Waals surface area (Å²) in [5, 5.41) is 23.9. The van der Waals surface area contributed by atoms with E-state index in [1.807, 2.05) is 24.3 Å². The number of aromatic nitrogens is 4. The molecule has 7 heteroatoms. The Morgan fingerprint density at radius 1 is 1.39 bits per heavy atom. The van der Waals surface area contributed by atoms with E-state index in [0.29, 0.717) is 0 Å². The number of anilines is 1. The number of nitrogens with one attached hydrogen (secondary N) is 2. The van der Waals surface area contributed by atoms with Crippen molar-refractivity contribution in [2.75, 3.05) is 5.32 Å². The van der Waals surface area contributed by atoms with Crippen molar-refractivity contribution in [1.82, 2.24) is 20.6 Å². The van der Waals surface area contributed by atoms with E-state index in [2.05, 4.69) is 25.9 Å². The van der Waals surface area contributed by atoms with Crippen LogP contribution in [0.15, 0.2) is 35.9 Å². The number of H-pyrrole nitrogens is 1. The minimum atomic E-state index is -0.581. The molecule has 0 radical (unpaired) electrons. The van der Waals surface area contributed by atoms with E-state index >= 15 is 0 Å². The number of hydrogen-bond acceptors (Lipinski definition) is 5. The molecule has 1 amide bonds. The Bertz CT molecular complexity index is 596. The van der Waals surface area contributed by atoms with E-state index in [9.17, 15) is 4.79 Å². The lowest BCUT2D eigenvalue weighted by atomic mass is 10.1. The highest BCUT2D eigenvalue weighted by Crippen LogP contribution is 2.07. The van der Waals surface area contributed by atoms with Gasteiger partial charge in [0.05, 0.1) is 0 Å². The number of nitriles is 1. The smallest absolute Gasteiger partial charge is 0.270 e. The first kappa shape index (κ1) is 11.5. The first-order chi connectivity index (χ1) is 8.79. The zero-order valence-corrected chi connectivity index (χ0v) is 9.16. The summed E-state index contributed by atoms with van der Waals surface area (Å²) in [5.74, 6) is -0.558. The van der Waals surface area contributed by atoms with Gasteiger partial charge in [0.25, 0.3) is 11.9 Å². The molecule has 2 rings (SSSR count). The molecule has 2 aromatic rings. The van der Waals surface area contributed by atoms with Gasteiger partial charge in [-0.05, 0) is 16.9 Å². The third-order valence-electron chi connectivity index (χ3n) is 2.05. The first-order valence-electron chi connectivity index (χ1n) is 5.01. The van der Waals surface area contributed by atoms with Crippen LogP contribution in [0.1, 0.15) is 5.56 Å². The van der Waals surface area contributed by atoms with Gasteiger partial charge in [0.1, 0.15) is 11.6 Å². The van der Waals surface area contributed by atoms with Crippen LogP contribution in [0.5, 0.6) is 0 Å². The van der Waals surface area contributed by atoms with E-state index in [0.717, 1.165) is 5.56 Å². The van der Waals surface area contributed by atoms with Crippen LogP contribution in [0.3, 0.4) is 0 Å². The van der Waals surface area contributed by atoms with Gasteiger partial charge in [0.15, 0.2) is 0 Å². The minimum Gasteiger partial charge on any atom is -0.287 e. The Labute approximate surface area is 102 Å². The van der Waals surface area contributed by atoms with Crippen LogP contribution in [0, 0.1) is 11.3 Å². The van der Waals surface area contributed by atoms with Crippen molar-refractivity contribution in [1.29, 1.82) is 5.26 Å². The molecule has 1 aromatic heterocycles. The van der Waals surface area contributed by atoms with Gasteiger partial charge in [0, 0.05) is 0 Å². The molecule has 0 spiro atoms. The van der Waals surface area contributed by atoms with Crippen molar-refractivity contribution >= 4 is 17.9 Å². The predicted octanol–water partition coefficient (Wildman–Crippen LogP) is 0.745. The standard InChI is InChI=1S/C11H8N6O/c12-7-9(6-8-4-2-1-3-5-8)10(18)13-11-14-16-17-15-11/h1-6H,(H2,13,14,15,16,17,18)/b9-6-. The molecule has 18 heavy (non-hydrogen) atoms. The lowest BCUT2D eigenvalue weighted by Gasteiger charge is -1.98. The zero-order chi connectivity index (χ0) is 12.8. The predicted molar refractivity (Wildman–Crippen MR) is 62.8 cm³/mol. The molecule has 0 atom stereocenters. The van der Waals surface area contributed by atoms with Gasteiger partial charge in [-0.25, -0.2) is 0 Å². The molecule has 0 unspecified atom stereocenters. The van der Waals surface area contributed by atoms with E-state index < -0.39 is 5.91 Å². The number of amides is 1. The summed E-state index contributed by atoms with van der Waals surface area (Å²) in [6, 6.07) is 10.9. The molecule has 0 saturated carbocycles. The van der Waals surface area contributed by atoms with Crippen molar-refractivity contribution in [2.24, 2.45) is 0 Å². The number of carbonyl (C=O) groups is 1. The van der Waals surface area contributed by atoms with Crippen molar-refractivity contribution in [2.45, 2.75) is 0 Å². The van der Waals surface area contributed by atoms with Crippen LogP contribution in [-0.2, 0) is 4.79 Å². The maximum Gasteiger partial charge on any atom is 0.270 e. The van der Waals surface area contributed by atoms with Gasteiger partial charge >= 0.3 is 0 Å². The largest absolute Gasteiger partial charge is 0.287 e. The molecule has 0 aliphatic rings. The highest BCUT2D eigenvalue weighted by molar-refractivity contribution is 6.08. The third-order valence-corrected chi connectivity index (χ3v) is 2.05. The fourth-order valence-corrected chi connectivity index (χ4v) is 1.25. The summed E-state index contributed by atoms with van der Waals surface area (Å²) < 4.78 is 0. The lowest BCUT2D eigenvalue weighted by Crippen LogP contribution is -2.14. The van der Waals surface area contributed by atoms with Crippen molar-refractivity contribution in [3.05, 3.63) is 41.5 Å². The molecule has 1 heterocycles. The maximum absolute atomic E-state index is 11.7. The fraction of sp³-hybridized carbons (Fsp3) is 0. The molecule has 88 valence electrons. The fourth-order valence-electron chi connectivity index (χ4n) is 1.25. The molecule has 0 saturated heterocycles. The molecule has 1 aromatic carbocycles. The molecule has 2 N–H and O–H groups in total. The van der Waals surface area contributed by atoms with Crippen molar-refractivity contribution in [3.63, 3.8) is 0 Å². The summed E-state index contributed by atoms with van der Waals surface area (Å²) in [4.78, 5) is 11.7. The maximum atomic E-state index is 11.7. The third kappa shape index (κ3) is 2.76. The van der Waals surface area contributed by atoms with E-state index in [1.165, 1.54) is 6.08 Å². The Hall–Kier alpha value is -3.01. The molecule has 7 nitrogen and oxygen atoms in total. The van der Waals surface area contributed by atoms with Crippen LogP contribution >= 0.6 is 0 Å². The highest BCUT2D eigenvalue weighted by Gasteiger charge is 2.11. The summed E-state index contributed by atoms with van der Waals surface area (Å²) in [7, 11) is 0. The number of rotatable bonds is 3. The molecule has 0 bridgehead atoms. The number of nitrogens with zero attached hydrogens (tertiary/aromatic N) is 4. The highest BCUT2D eigenvalue weighted by atomic mass is 16.1. The van der Waals surface area contributed by atoms with E-state index in [4.69, 9.17) is 5.26 Å². The van der Waals surface area contributed by atoms with Gasteiger partial charge in [-0.15, -0.1) is 5.10 Å². The van der Waals surface area contributed by atoms with Gasteiger partial charge in [-0.1, -0.05) is 35.4 Å². The van der Waals surface area contributed by atoms with Gasteiger partial charge in [-0.2, -0.15) is 10.5 Å². The van der Waals surface area contributed by atoms with Crippen LogP contribution in [0.25, 0.3) is 6.08 Å². The number of aromatic amines is 1. The number of carbonyl (C=O) groups excluding carboxylic acids is 1. The lowest BCUT2D eigenvalue weighted by molar-refractivity contribution is -0.112. The second-order valence-corrected chi connectivity index (χ2v) is 3.27. The average molecular weight is 240 g/mol. The van der Waals surface area contributed by atoms with Gasteiger partial charge in [0.2, 0.25) is 0 Å². The number of tetrazole rings is 1. The van der Waals surface area contributed by atoms with E-state index in [-0.39, 0.29) is 11.5 Å². The second-order valence-electron chi connectivity index (χ2n) is 3.27. The topological polar surface area (TPSA) is 107 Å². The monoisotopic (exact) mass is 240 g/mol.